The second kappa shape index (κ2) is 6.32. The van der Waals surface area contributed by atoms with E-state index in [1.807, 2.05) is 6.07 Å². The molecule has 0 aromatic heterocycles. The normalized spacial score (nSPS) is 13.4. The van der Waals surface area contributed by atoms with Crippen LogP contribution in [-0.4, -0.2) is 22.0 Å². The molecule has 1 aromatic carbocycles. The first-order chi connectivity index (χ1) is 8.88. The number of hydrogen-bond acceptors (Lipinski definition) is 4. The van der Waals surface area contributed by atoms with E-state index in [0.29, 0.717) is 5.56 Å². The van der Waals surface area contributed by atoms with Gasteiger partial charge in [-0.2, -0.15) is 5.26 Å². The highest BCUT2D eigenvalue weighted by molar-refractivity contribution is 6.31. The number of aliphatic hydroxyl groups excluding tert-OH is 1. The predicted molar refractivity (Wildman–Crippen MR) is 67.6 cm³/mol. The van der Waals surface area contributed by atoms with Gasteiger partial charge in [-0.25, -0.2) is 4.79 Å². The van der Waals surface area contributed by atoms with Crippen LogP contribution in [0.5, 0.6) is 0 Å². The van der Waals surface area contributed by atoms with Crippen LogP contribution in [0.2, 0.25) is 0 Å². The minimum atomic E-state index is -1.78. The molecule has 100 valence electrons. The van der Waals surface area contributed by atoms with E-state index in [-0.39, 0.29) is 23.3 Å². The SMILES string of the molecule is CC(=O)C(Cl)c1ccc(CC#N)cc1C(O)C(=O)O. The number of nitrogens with zero attached hydrogens (tertiary/aromatic N) is 1. The summed E-state index contributed by atoms with van der Waals surface area (Å²) in [6, 6.07) is 6.35. The molecule has 0 heterocycles. The monoisotopic (exact) mass is 281 g/mol. The number of carboxylic acids is 1. The van der Waals surface area contributed by atoms with Crippen molar-refractivity contribution in [2.45, 2.75) is 24.8 Å². The fourth-order valence-corrected chi connectivity index (χ4v) is 1.84. The number of halogens is 1. The molecule has 2 unspecified atom stereocenters. The number of benzene rings is 1. The third kappa shape index (κ3) is 3.53. The van der Waals surface area contributed by atoms with E-state index >= 15 is 0 Å². The molecule has 0 spiro atoms. The van der Waals surface area contributed by atoms with E-state index in [2.05, 4.69) is 0 Å². The van der Waals surface area contributed by atoms with Crippen molar-refractivity contribution in [3.8, 4) is 6.07 Å². The van der Waals surface area contributed by atoms with Crippen LogP contribution in [-0.2, 0) is 16.0 Å². The van der Waals surface area contributed by atoms with E-state index in [1.165, 1.54) is 19.1 Å². The highest BCUT2D eigenvalue weighted by Crippen LogP contribution is 2.30. The lowest BCUT2D eigenvalue weighted by molar-refractivity contribution is -0.147. The lowest BCUT2D eigenvalue weighted by Crippen LogP contribution is -2.15. The number of aliphatic carboxylic acids is 1. The Morgan fingerprint density at radius 3 is 2.53 bits per heavy atom. The van der Waals surface area contributed by atoms with Crippen molar-refractivity contribution < 1.29 is 19.8 Å². The van der Waals surface area contributed by atoms with Gasteiger partial charge in [0.2, 0.25) is 0 Å². The van der Waals surface area contributed by atoms with Crippen molar-refractivity contribution in [3.63, 3.8) is 0 Å². The van der Waals surface area contributed by atoms with Gasteiger partial charge in [0.05, 0.1) is 12.5 Å². The molecule has 2 N–H and O–H groups in total. The maximum atomic E-state index is 11.3. The van der Waals surface area contributed by atoms with Crippen molar-refractivity contribution in [2.24, 2.45) is 0 Å². The standard InChI is InChI=1S/C13H12ClNO4/c1-7(16)11(14)9-3-2-8(4-5-15)6-10(9)12(17)13(18)19/h2-3,6,11-12,17H,4H2,1H3,(H,18,19). The fourth-order valence-electron chi connectivity index (χ4n) is 1.65. The highest BCUT2D eigenvalue weighted by Gasteiger charge is 2.25. The smallest absolute Gasteiger partial charge is 0.337 e. The number of aliphatic hydroxyl groups is 1. The summed E-state index contributed by atoms with van der Waals surface area (Å²) in [5, 5.41) is 26.1. The van der Waals surface area contributed by atoms with Crippen LogP contribution >= 0.6 is 11.6 Å². The minimum Gasteiger partial charge on any atom is -0.479 e. The average molecular weight is 282 g/mol. The zero-order valence-electron chi connectivity index (χ0n) is 10.1. The number of alkyl halides is 1. The highest BCUT2D eigenvalue weighted by atomic mass is 35.5. The zero-order chi connectivity index (χ0) is 14.6. The van der Waals surface area contributed by atoms with E-state index in [1.54, 1.807) is 6.07 Å². The van der Waals surface area contributed by atoms with Crippen LogP contribution in [0.1, 0.15) is 35.1 Å². The van der Waals surface area contributed by atoms with Gasteiger partial charge >= 0.3 is 5.97 Å². The summed E-state index contributed by atoms with van der Waals surface area (Å²) < 4.78 is 0. The van der Waals surface area contributed by atoms with Crippen molar-refractivity contribution in [3.05, 3.63) is 34.9 Å². The van der Waals surface area contributed by atoms with Gasteiger partial charge in [0.1, 0.15) is 5.38 Å². The van der Waals surface area contributed by atoms with Crippen molar-refractivity contribution >= 4 is 23.4 Å². The molecule has 0 radical (unpaired) electrons. The number of Topliss-reactive ketones (excluding diaryl/α,β-unsaturated/α-hetero) is 1. The van der Waals surface area contributed by atoms with Gasteiger partial charge in [0.15, 0.2) is 11.9 Å². The minimum absolute atomic E-state index is 0.0375. The molecular formula is C13H12ClNO4. The Balaban J connectivity index is 3.34. The Hall–Kier alpha value is -1.90. The second-order valence-electron chi connectivity index (χ2n) is 4.01. The number of carboxylic acid groups (broad SMARTS) is 1. The van der Waals surface area contributed by atoms with E-state index in [0.717, 1.165) is 0 Å². The molecule has 1 aromatic rings. The van der Waals surface area contributed by atoms with Gasteiger partial charge in [0, 0.05) is 0 Å². The Morgan fingerprint density at radius 2 is 2.05 bits per heavy atom. The second-order valence-corrected chi connectivity index (χ2v) is 4.45. The molecule has 1 rings (SSSR count). The summed E-state index contributed by atoms with van der Waals surface area (Å²) >= 11 is 5.91. The first-order valence-electron chi connectivity index (χ1n) is 5.43. The number of carbonyl (C=O) groups is 2. The van der Waals surface area contributed by atoms with Crippen LogP contribution in [0.4, 0.5) is 0 Å². The molecule has 19 heavy (non-hydrogen) atoms. The first-order valence-corrected chi connectivity index (χ1v) is 5.87. The lowest BCUT2D eigenvalue weighted by atomic mass is 9.95. The van der Waals surface area contributed by atoms with Crippen LogP contribution < -0.4 is 0 Å². The summed E-state index contributed by atoms with van der Waals surface area (Å²) in [5.74, 6) is -1.80. The van der Waals surface area contributed by atoms with Crippen LogP contribution in [0, 0.1) is 11.3 Å². The molecule has 0 saturated heterocycles. The van der Waals surface area contributed by atoms with E-state index in [9.17, 15) is 14.7 Å². The van der Waals surface area contributed by atoms with Crippen molar-refractivity contribution in [1.82, 2.24) is 0 Å². The molecule has 0 amide bonds. The fraction of sp³-hybridized carbons (Fsp3) is 0.308. The van der Waals surface area contributed by atoms with Crippen LogP contribution in [0.3, 0.4) is 0 Å². The Labute approximate surface area is 115 Å². The molecule has 6 heteroatoms. The summed E-state index contributed by atoms with van der Waals surface area (Å²) in [6.07, 6.45) is -1.71. The summed E-state index contributed by atoms with van der Waals surface area (Å²) in [4.78, 5) is 22.2. The maximum absolute atomic E-state index is 11.3. The number of nitriles is 1. The molecule has 0 aliphatic carbocycles. The third-order valence-corrected chi connectivity index (χ3v) is 3.14. The number of hydrogen-bond donors (Lipinski definition) is 2. The average Bonchev–Trinajstić information content (AvgIpc) is 2.37. The van der Waals surface area contributed by atoms with Gasteiger partial charge in [0.25, 0.3) is 0 Å². The molecular weight excluding hydrogens is 270 g/mol. The summed E-state index contributed by atoms with van der Waals surface area (Å²) in [7, 11) is 0. The number of carbonyl (C=O) groups excluding carboxylic acids is 1. The molecule has 2 atom stereocenters. The molecule has 0 saturated carbocycles. The lowest BCUT2D eigenvalue weighted by Gasteiger charge is -2.16. The van der Waals surface area contributed by atoms with Gasteiger partial charge in [-0.15, -0.1) is 11.6 Å². The zero-order valence-corrected chi connectivity index (χ0v) is 10.9. The maximum Gasteiger partial charge on any atom is 0.337 e. The Kier molecular flexibility index (Phi) is 5.04. The quantitative estimate of drug-likeness (QED) is 0.801. The topological polar surface area (TPSA) is 98.4 Å². The van der Waals surface area contributed by atoms with Crippen molar-refractivity contribution in [1.29, 1.82) is 5.26 Å². The van der Waals surface area contributed by atoms with E-state index in [4.69, 9.17) is 22.0 Å². The molecule has 0 aliphatic heterocycles. The first kappa shape index (κ1) is 15.2. The Morgan fingerprint density at radius 1 is 1.42 bits per heavy atom. The van der Waals surface area contributed by atoms with Gasteiger partial charge in [-0.05, 0) is 23.6 Å². The van der Waals surface area contributed by atoms with Gasteiger partial charge in [-0.3, -0.25) is 4.79 Å². The Bertz CT molecular complexity index is 550. The van der Waals surface area contributed by atoms with Crippen LogP contribution in [0.15, 0.2) is 18.2 Å². The largest absolute Gasteiger partial charge is 0.479 e. The van der Waals surface area contributed by atoms with Gasteiger partial charge < -0.3 is 10.2 Å². The number of rotatable bonds is 5. The summed E-state index contributed by atoms with van der Waals surface area (Å²) in [5.41, 5.74) is 0.829. The number of ketones is 1. The van der Waals surface area contributed by atoms with Crippen molar-refractivity contribution in [2.75, 3.05) is 0 Å². The van der Waals surface area contributed by atoms with E-state index < -0.39 is 17.5 Å². The predicted octanol–water partition coefficient (Wildman–Crippen LogP) is 1.74. The molecule has 0 fully saturated rings. The molecule has 0 aliphatic rings. The van der Waals surface area contributed by atoms with Crippen LogP contribution in [0.25, 0.3) is 0 Å². The molecule has 5 nitrogen and oxygen atoms in total. The van der Waals surface area contributed by atoms with Gasteiger partial charge in [-0.1, -0.05) is 18.2 Å². The third-order valence-electron chi connectivity index (χ3n) is 2.59. The summed E-state index contributed by atoms with van der Waals surface area (Å²) in [6.45, 7) is 1.28. The molecule has 0 bridgehead atoms.